The number of esters is 1. The molecule has 2 N–H and O–H groups in total. The van der Waals surface area contributed by atoms with E-state index in [0.717, 1.165) is 37.5 Å². The van der Waals surface area contributed by atoms with Crippen molar-refractivity contribution in [2.75, 3.05) is 12.3 Å². The molecule has 0 radical (unpaired) electrons. The number of halogens is 3. The molecule has 0 amide bonds. The summed E-state index contributed by atoms with van der Waals surface area (Å²) in [6, 6.07) is 2.64. The highest BCUT2D eigenvalue weighted by atomic mass is 19.4. The number of benzene rings is 1. The predicted molar refractivity (Wildman–Crippen MR) is 68.1 cm³/mol. The highest BCUT2D eigenvalue weighted by molar-refractivity contribution is 5.95. The van der Waals surface area contributed by atoms with Gasteiger partial charge in [-0.2, -0.15) is 13.2 Å². The number of ether oxygens (including phenoxy) is 1. The van der Waals surface area contributed by atoms with Crippen LogP contribution in [0.4, 0.5) is 18.9 Å². The van der Waals surface area contributed by atoms with E-state index in [0.29, 0.717) is 5.92 Å². The van der Waals surface area contributed by atoms with Gasteiger partial charge in [-0.3, -0.25) is 0 Å². The molecule has 0 bridgehead atoms. The van der Waals surface area contributed by atoms with Crippen molar-refractivity contribution in [1.82, 2.24) is 0 Å². The Morgan fingerprint density at radius 2 is 2.05 bits per heavy atom. The summed E-state index contributed by atoms with van der Waals surface area (Å²) in [4.78, 5) is 11.7. The van der Waals surface area contributed by atoms with Crippen LogP contribution in [0, 0.1) is 5.92 Å². The lowest BCUT2D eigenvalue weighted by atomic mass is 9.83. The lowest BCUT2D eigenvalue weighted by Crippen LogP contribution is -2.16. The van der Waals surface area contributed by atoms with Crippen LogP contribution < -0.4 is 5.73 Å². The second-order valence-electron chi connectivity index (χ2n) is 5.02. The molecule has 0 saturated heterocycles. The summed E-state index contributed by atoms with van der Waals surface area (Å²) in [6.45, 7) is 0.282. The molecule has 0 atom stereocenters. The molecule has 1 aliphatic carbocycles. The van der Waals surface area contributed by atoms with Crippen LogP contribution >= 0.6 is 0 Å². The standard InChI is InChI=1S/C14H16F3NO2/c15-14(16,17)10-4-5-11(12(18)8-10)13(19)20-7-6-9-2-1-3-9/h4-5,8-9H,1-3,6-7,18H2. The van der Waals surface area contributed by atoms with Gasteiger partial charge in [-0.15, -0.1) is 0 Å². The fourth-order valence-corrected chi connectivity index (χ4v) is 2.10. The van der Waals surface area contributed by atoms with E-state index in [2.05, 4.69) is 0 Å². The van der Waals surface area contributed by atoms with Gasteiger partial charge < -0.3 is 10.5 Å². The Labute approximate surface area is 114 Å². The fraction of sp³-hybridized carbons (Fsp3) is 0.500. The lowest BCUT2D eigenvalue weighted by Gasteiger charge is -2.24. The van der Waals surface area contributed by atoms with Gasteiger partial charge in [0, 0.05) is 5.69 Å². The third-order valence-electron chi connectivity index (χ3n) is 3.58. The number of carbonyl (C=O) groups is 1. The number of nitrogen functional groups attached to an aromatic ring is 1. The number of anilines is 1. The number of alkyl halides is 3. The maximum atomic E-state index is 12.5. The molecular formula is C14H16F3NO2. The van der Waals surface area contributed by atoms with Gasteiger partial charge >= 0.3 is 12.1 Å². The molecule has 3 nitrogen and oxygen atoms in total. The molecule has 1 aromatic carbocycles. The van der Waals surface area contributed by atoms with Crippen LogP contribution in [-0.4, -0.2) is 12.6 Å². The molecule has 1 aliphatic rings. The van der Waals surface area contributed by atoms with Gasteiger partial charge in [-0.1, -0.05) is 19.3 Å². The summed E-state index contributed by atoms with van der Waals surface area (Å²) in [7, 11) is 0. The first-order chi connectivity index (χ1) is 9.38. The number of nitrogens with two attached hydrogens (primary N) is 1. The van der Waals surface area contributed by atoms with E-state index < -0.39 is 17.7 Å². The zero-order valence-corrected chi connectivity index (χ0v) is 10.9. The first kappa shape index (κ1) is 14.7. The van der Waals surface area contributed by atoms with E-state index in [1.165, 1.54) is 6.42 Å². The molecule has 110 valence electrons. The van der Waals surface area contributed by atoms with Crippen molar-refractivity contribution in [3.8, 4) is 0 Å². The first-order valence-electron chi connectivity index (χ1n) is 6.52. The third-order valence-corrected chi connectivity index (χ3v) is 3.58. The van der Waals surface area contributed by atoms with Crippen molar-refractivity contribution in [2.24, 2.45) is 5.92 Å². The summed E-state index contributed by atoms with van der Waals surface area (Å²) >= 11 is 0. The summed E-state index contributed by atoms with van der Waals surface area (Å²) in [5.74, 6) is -0.0664. The second-order valence-corrected chi connectivity index (χ2v) is 5.02. The van der Waals surface area contributed by atoms with Gasteiger partial charge in [-0.05, 0) is 30.5 Å². The largest absolute Gasteiger partial charge is 0.462 e. The number of hydrogen-bond acceptors (Lipinski definition) is 3. The molecule has 1 saturated carbocycles. The molecule has 0 unspecified atom stereocenters. The van der Waals surface area contributed by atoms with E-state index in [4.69, 9.17) is 10.5 Å². The van der Waals surface area contributed by atoms with Crippen LogP contribution in [0.1, 0.15) is 41.6 Å². The minimum Gasteiger partial charge on any atom is -0.462 e. The molecule has 2 rings (SSSR count). The third kappa shape index (κ3) is 3.43. The maximum Gasteiger partial charge on any atom is 0.416 e. The van der Waals surface area contributed by atoms with E-state index in [9.17, 15) is 18.0 Å². The smallest absolute Gasteiger partial charge is 0.416 e. The van der Waals surface area contributed by atoms with Crippen LogP contribution in [-0.2, 0) is 10.9 Å². The average molecular weight is 287 g/mol. The summed E-state index contributed by atoms with van der Waals surface area (Å²) in [6.07, 6.45) is -0.155. The number of rotatable bonds is 4. The Kier molecular flexibility index (Phi) is 4.20. The molecule has 1 fully saturated rings. The van der Waals surface area contributed by atoms with Crippen molar-refractivity contribution >= 4 is 11.7 Å². The highest BCUT2D eigenvalue weighted by Gasteiger charge is 2.31. The normalized spacial score (nSPS) is 15.8. The zero-order valence-electron chi connectivity index (χ0n) is 10.9. The van der Waals surface area contributed by atoms with E-state index >= 15 is 0 Å². The summed E-state index contributed by atoms with van der Waals surface area (Å²) < 4.78 is 42.4. The molecule has 1 aromatic rings. The Morgan fingerprint density at radius 1 is 1.35 bits per heavy atom. The van der Waals surface area contributed by atoms with Crippen LogP contribution in [0.25, 0.3) is 0 Å². The van der Waals surface area contributed by atoms with Gasteiger partial charge in [0.1, 0.15) is 0 Å². The minimum atomic E-state index is -4.47. The first-order valence-corrected chi connectivity index (χ1v) is 6.52. The van der Waals surface area contributed by atoms with E-state index in [1.54, 1.807) is 0 Å². The Hall–Kier alpha value is -1.72. The quantitative estimate of drug-likeness (QED) is 0.679. The Bertz CT molecular complexity index is 496. The highest BCUT2D eigenvalue weighted by Crippen LogP contribution is 2.32. The van der Waals surface area contributed by atoms with Crippen LogP contribution in [0.15, 0.2) is 18.2 Å². The van der Waals surface area contributed by atoms with Crippen molar-refractivity contribution in [3.63, 3.8) is 0 Å². The molecular weight excluding hydrogens is 271 g/mol. The number of carbonyl (C=O) groups excluding carboxylic acids is 1. The lowest BCUT2D eigenvalue weighted by molar-refractivity contribution is -0.137. The monoisotopic (exact) mass is 287 g/mol. The molecule has 0 aromatic heterocycles. The maximum absolute atomic E-state index is 12.5. The Balaban J connectivity index is 1.95. The molecule has 0 spiro atoms. The van der Waals surface area contributed by atoms with Crippen LogP contribution in [0.2, 0.25) is 0 Å². The molecule has 0 aliphatic heterocycles. The van der Waals surface area contributed by atoms with Crippen LogP contribution in [0.5, 0.6) is 0 Å². The topological polar surface area (TPSA) is 52.3 Å². The SMILES string of the molecule is Nc1cc(C(F)(F)F)ccc1C(=O)OCCC1CCC1. The van der Waals surface area contributed by atoms with Gasteiger partial charge in [0.15, 0.2) is 0 Å². The van der Waals surface area contributed by atoms with Crippen molar-refractivity contribution in [2.45, 2.75) is 31.9 Å². The zero-order chi connectivity index (χ0) is 14.8. The molecule has 20 heavy (non-hydrogen) atoms. The van der Waals surface area contributed by atoms with Crippen molar-refractivity contribution in [1.29, 1.82) is 0 Å². The van der Waals surface area contributed by atoms with Gasteiger partial charge in [-0.25, -0.2) is 4.79 Å². The van der Waals surface area contributed by atoms with Gasteiger partial charge in [0.05, 0.1) is 17.7 Å². The van der Waals surface area contributed by atoms with Gasteiger partial charge in [0.2, 0.25) is 0 Å². The summed E-state index contributed by atoms with van der Waals surface area (Å²) in [5, 5.41) is 0. The average Bonchev–Trinajstić information content (AvgIpc) is 2.30. The van der Waals surface area contributed by atoms with Crippen molar-refractivity contribution < 1.29 is 22.7 Å². The minimum absolute atomic E-state index is 0.0217. The fourth-order valence-electron chi connectivity index (χ4n) is 2.10. The number of hydrogen-bond donors (Lipinski definition) is 1. The molecule has 6 heteroatoms. The van der Waals surface area contributed by atoms with Crippen molar-refractivity contribution in [3.05, 3.63) is 29.3 Å². The van der Waals surface area contributed by atoms with Crippen LogP contribution in [0.3, 0.4) is 0 Å². The predicted octanol–water partition coefficient (Wildman–Crippen LogP) is 3.63. The van der Waals surface area contributed by atoms with E-state index in [-0.39, 0.29) is 17.9 Å². The van der Waals surface area contributed by atoms with Gasteiger partial charge in [0.25, 0.3) is 0 Å². The Morgan fingerprint density at radius 3 is 2.55 bits per heavy atom. The second kappa shape index (κ2) is 5.73. The van der Waals surface area contributed by atoms with E-state index in [1.807, 2.05) is 0 Å². The molecule has 0 heterocycles. The summed E-state index contributed by atoms with van der Waals surface area (Å²) in [5.41, 5.74) is 4.38.